The third-order valence-corrected chi connectivity index (χ3v) is 4.98. The van der Waals surface area contributed by atoms with E-state index in [9.17, 15) is 4.79 Å². The van der Waals surface area contributed by atoms with Gasteiger partial charge in [0.2, 0.25) is 5.91 Å². The van der Waals surface area contributed by atoms with E-state index >= 15 is 0 Å². The van der Waals surface area contributed by atoms with Gasteiger partial charge in [-0.1, -0.05) is 12.1 Å². The number of amides is 1. The molecule has 1 aromatic carbocycles. The summed E-state index contributed by atoms with van der Waals surface area (Å²) in [5.41, 5.74) is 2.70. The van der Waals surface area contributed by atoms with Crippen molar-refractivity contribution in [2.24, 2.45) is 0 Å². The number of carbonyl (C=O) groups excluding carboxylic acids is 1. The predicted octanol–water partition coefficient (Wildman–Crippen LogP) is 3.25. The molecule has 4 heteroatoms. The fourth-order valence-electron chi connectivity index (χ4n) is 2.98. The van der Waals surface area contributed by atoms with E-state index in [1.807, 2.05) is 11.8 Å². The maximum atomic E-state index is 11.1. The van der Waals surface area contributed by atoms with Crippen molar-refractivity contribution < 1.29 is 4.79 Å². The molecule has 1 amide bonds. The van der Waals surface area contributed by atoms with E-state index in [0.717, 1.165) is 32.2 Å². The first-order chi connectivity index (χ1) is 10.1. The second kappa shape index (κ2) is 7.85. The first-order valence-electron chi connectivity index (χ1n) is 7.72. The van der Waals surface area contributed by atoms with E-state index in [-0.39, 0.29) is 5.91 Å². The van der Waals surface area contributed by atoms with Gasteiger partial charge in [0.05, 0.1) is 0 Å². The predicted molar refractivity (Wildman–Crippen MR) is 89.7 cm³/mol. The minimum absolute atomic E-state index is 0.0932. The average Bonchev–Trinajstić information content (AvgIpc) is 2.46. The molecule has 1 aromatic rings. The minimum atomic E-state index is 0.0932. The summed E-state index contributed by atoms with van der Waals surface area (Å²) in [6.45, 7) is 4.68. The Morgan fingerprint density at radius 2 is 1.90 bits per heavy atom. The molecule has 21 heavy (non-hydrogen) atoms. The van der Waals surface area contributed by atoms with Crippen LogP contribution in [0.2, 0.25) is 0 Å². The van der Waals surface area contributed by atoms with Crippen molar-refractivity contribution in [1.29, 1.82) is 0 Å². The number of nitrogens with one attached hydrogen (secondary N) is 2. The lowest BCUT2D eigenvalue weighted by molar-refractivity contribution is -0.119. The highest BCUT2D eigenvalue weighted by Crippen LogP contribution is 2.23. The average molecular weight is 306 g/mol. The van der Waals surface area contributed by atoms with E-state index in [1.54, 1.807) is 6.92 Å². The van der Waals surface area contributed by atoms with Crippen molar-refractivity contribution in [3.63, 3.8) is 0 Å². The fourth-order valence-corrected chi connectivity index (χ4v) is 3.69. The van der Waals surface area contributed by atoms with Crippen LogP contribution in [0.25, 0.3) is 0 Å². The van der Waals surface area contributed by atoms with Gasteiger partial charge >= 0.3 is 0 Å². The van der Waals surface area contributed by atoms with Crippen molar-refractivity contribution in [3.8, 4) is 0 Å². The van der Waals surface area contributed by atoms with Gasteiger partial charge in [0, 0.05) is 30.4 Å². The molecular weight excluding hydrogens is 280 g/mol. The van der Waals surface area contributed by atoms with Crippen molar-refractivity contribution in [2.45, 2.75) is 63.1 Å². The highest BCUT2D eigenvalue weighted by Gasteiger charge is 2.21. The van der Waals surface area contributed by atoms with Crippen LogP contribution in [0.15, 0.2) is 23.1 Å². The number of aryl methyl sites for hydroxylation is 1. The molecule has 2 rings (SSSR count). The van der Waals surface area contributed by atoms with Gasteiger partial charge in [0.1, 0.15) is 0 Å². The molecule has 0 spiro atoms. The number of hydrogen-bond donors (Lipinski definition) is 2. The van der Waals surface area contributed by atoms with E-state index in [4.69, 9.17) is 0 Å². The second-order valence-corrected chi connectivity index (χ2v) is 6.79. The zero-order valence-electron chi connectivity index (χ0n) is 13.2. The van der Waals surface area contributed by atoms with Crippen LogP contribution < -0.4 is 10.6 Å². The van der Waals surface area contributed by atoms with Gasteiger partial charge < -0.3 is 10.6 Å². The molecule has 0 aromatic heterocycles. The molecule has 0 unspecified atom stereocenters. The van der Waals surface area contributed by atoms with Gasteiger partial charge in [-0.25, -0.2) is 0 Å². The lowest BCUT2D eigenvalue weighted by atomic mass is 9.91. The van der Waals surface area contributed by atoms with Gasteiger partial charge in [-0.3, -0.25) is 4.79 Å². The summed E-state index contributed by atoms with van der Waals surface area (Å²) in [5, 5.41) is 6.71. The fraction of sp³-hybridized carbons (Fsp3) is 0.588. The van der Waals surface area contributed by atoms with Crippen LogP contribution in [0.1, 0.15) is 43.7 Å². The highest BCUT2D eigenvalue weighted by molar-refractivity contribution is 7.98. The van der Waals surface area contributed by atoms with Crippen molar-refractivity contribution in [3.05, 3.63) is 29.3 Å². The molecular formula is C17H26N2OS. The highest BCUT2D eigenvalue weighted by atomic mass is 32.2. The van der Waals surface area contributed by atoms with E-state index in [0.29, 0.717) is 12.1 Å². The third-order valence-electron chi connectivity index (χ3n) is 4.16. The smallest absolute Gasteiger partial charge is 0.217 e. The van der Waals surface area contributed by atoms with Gasteiger partial charge in [0.25, 0.3) is 0 Å². The maximum Gasteiger partial charge on any atom is 0.217 e. The Labute approximate surface area is 132 Å². The molecule has 0 heterocycles. The molecule has 0 radical (unpaired) electrons. The number of benzene rings is 1. The standard InChI is InChI=1S/C17H26N2OS/c1-12-4-5-14(17(10-12)21-3)11-18-15-6-8-16(9-7-15)19-13(2)20/h4-5,10,15-16,18H,6-9,11H2,1-3H3,(H,19,20). The molecule has 0 atom stereocenters. The van der Waals surface area contributed by atoms with Gasteiger partial charge in [-0.15, -0.1) is 11.8 Å². The van der Waals surface area contributed by atoms with Crippen molar-refractivity contribution in [1.82, 2.24) is 10.6 Å². The Balaban J connectivity index is 1.81. The molecule has 3 nitrogen and oxygen atoms in total. The second-order valence-electron chi connectivity index (χ2n) is 5.95. The molecule has 0 saturated heterocycles. The molecule has 2 N–H and O–H groups in total. The molecule has 1 aliphatic carbocycles. The number of thioether (sulfide) groups is 1. The summed E-state index contributed by atoms with van der Waals surface area (Å²) < 4.78 is 0. The monoisotopic (exact) mass is 306 g/mol. The third kappa shape index (κ3) is 5.04. The summed E-state index contributed by atoms with van der Waals surface area (Å²) in [6.07, 6.45) is 6.59. The van der Waals surface area contributed by atoms with E-state index < -0.39 is 0 Å². The summed E-state index contributed by atoms with van der Waals surface area (Å²) in [4.78, 5) is 12.4. The Hall–Kier alpha value is -1.00. The van der Waals surface area contributed by atoms with Crippen LogP contribution in [0.4, 0.5) is 0 Å². The molecule has 1 aliphatic rings. The van der Waals surface area contributed by atoms with Crippen LogP contribution in [-0.2, 0) is 11.3 Å². The zero-order chi connectivity index (χ0) is 15.2. The molecule has 0 bridgehead atoms. The van der Waals surface area contributed by atoms with Crippen LogP contribution in [0.3, 0.4) is 0 Å². The SMILES string of the molecule is CSc1cc(C)ccc1CNC1CCC(NC(C)=O)CC1. The molecule has 1 fully saturated rings. The van der Waals surface area contributed by atoms with Crippen molar-refractivity contribution >= 4 is 17.7 Å². The van der Waals surface area contributed by atoms with E-state index in [1.165, 1.54) is 16.0 Å². The Kier molecular flexibility index (Phi) is 6.12. The van der Waals surface area contributed by atoms with Gasteiger partial charge in [-0.2, -0.15) is 0 Å². The van der Waals surface area contributed by atoms with Crippen LogP contribution >= 0.6 is 11.8 Å². The van der Waals surface area contributed by atoms with Crippen LogP contribution in [0.5, 0.6) is 0 Å². The normalized spacial score (nSPS) is 22.0. The van der Waals surface area contributed by atoms with Gasteiger partial charge in [0.15, 0.2) is 0 Å². The Morgan fingerprint density at radius 1 is 1.24 bits per heavy atom. The molecule has 0 aliphatic heterocycles. The lowest BCUT2D eigenvalue weighted by Gasteiger charge is -2.29. The van der Waals surface area contributed by atoms with Crippen molar-refractivity contribution in [2.75, 3.05) is 6.26 Å². The molecule has 116 valence electrons. The summed E-state index contributed by atoms with van der Waals surface area (Å²) >= 11 is 1.82. The maximum absolute atomic E-state index is 11.1. The lowest BCUT2D eigenvalue weighted by Crippen LogP contribution is -2.41. The van der Waals surface area contributed by atoms with Gasteiger partial charge in [-0.05, 0) is 56.1 Å². The number of hydrogen-bond acceptors (Lipinski definition) is 3. The quantitative estimate of drug-likeness (QED) is 0.821. The summed E-state index contributed by atoms with van der Waals surface area (Å²) in [5.74, 6) is 0.0932. The van der Waals surface area contributed by atoms with Crippen LogP contribution in [-0.4, -0.2) is 24.2 Å². The first kappa shape index (κ1) is 16.4. The summed E-state index contributed by atoms with van der Waals surface area (Å²) in [7, 11) is 0. The molecule has 1 saturated carbocycles. The largest absolute Gasteiger partial charge is 0.354 e. The Bertz CT molecular complexity index is 482. The number of rotatable bonds is 5. The zero-order valence-corrected chi connectivity index (χ0v) is 14.1. The Morgan fingerprint density at radius 3 is 2.52 bits per heavy atom. The first-order valence-corrected chi connectivity index (χ1v) is 8.95. The van der Waals surface area contributed by atoms with Crippen LogP contribution in [0, 0.1) is 6.92 Å². The topological polar surface area (TPSA) is 41.1 Å². The minimum Gasteiger partial charge on any atom is -0.354 e. The number of carbonyl (C=O) groups is 1. The van der Waals surface area contributed by atoms with E-state index in [2.05, 4.69) is 42.0 Å². The summed E-state index contributed by atoms with van der Waals surface area (Å²) in [6, 6.07) is 7.63.